The molecule has 1 aliphatic rings. The van der Waals surface area contributed by atoms with Gasteiger partial charge in [0.05, 0.1) is 12.1 Å². The number of hydrogen-bond acceptors (Lipinski definition) is 8. The van der Waals surface area contributed by atoms with Crippen LogP contribution in [-0.4, -0.2) is 87.9 Å². The first-order valence-electron chi connectivity index (χ1n) is 14.5. The molecule has 1 aromatic carbocycles. The highest BCUT2D eigenvalue weighted by Gasteiger charge is 2.35. The van der Waals surface area contributed by atoms with Crippen LogP contribution in [0.4, 0.5) is 17.6 Å². The summed E-state index contributed by atoms with van der Waals surface area (Å²) >= 11 is 0. The Morgan fingerprint density at radius 1 is 1.09 bits per heavy atom. The lowest BCUT2D eigenvalue weighted by Crippen LogP contribution is -2.49. The molecule has 0 spiro atoms. The highest BCUT2D eigenvalue weighted by Crippen LogP contribution is 2.30. The van der Waals surface area contributed by atoms with Crippen LogP contribution in [-0.2, 0) is 20.6 Å². The smallest absolute Gasteiger partial charge is 0.433 e. The largest absolute Gasteiger partial charge is 0.491 e. The molecule has 2 aromatic heterocycles. The lowest BCUT2D eigenvalue weighted by molar-refractivity contribution is -0.142. The maximum atomic E-state index is 14.1. The minimum absolute atomic E-state index is 0.0119. The fourth-order valence-corrected chi connectivity index (χ4v) is 4.79. The maximum absolute atomic E-state index is 14.1. The topological polar surface area (TPSA) is 190 Å². The van der Waals surface area contributed by atoms with Gasteiger partial charge in [-0.15, -0.1) is 0 Å². The average molecular weight is 665 g/mol. The number of nitrogens with two attached hydrogens (primary N) is 1. The van der Waals surface area contributed by atoms with Gasteiger partial charge in [-0.3, -0.25) is 24.0 Å². The molecule has 252 valence electrons. The van der Waals surface area contributed by atoms with E-state index in [1.54, 1.807) is 0 Å². The van der Waals surface area contributed by atoms with Crippen LogP contribution in [0.1, 0.15) is 57.9 Å². The van der Waals surface area contributed by atoms with Gasteiger partial charge in [0.2, 0.25) is 17.7 Å². The van der Waals surface area contributed by atoms with Crippen molar-refractivity contribution in [2.24, 2.45) is 5.73 Å². The number of hydrogen-bond donors (Lipinski definition) is 4. The number of carbonyl (C=O) groups excluding carboxylic acids is 5. The molecule has 0 radical (unpaired) electrons. The molecule has 18 heteroatoms. The number of aryl methyl sites for hydroxylation is 1. The van der Waals surface area contributed by atoms with Crippen molar-refractivity contribution in [2.45, 2.75) is 44.8 Å². The molecular formula is C29H32F4N8O6. The van der Waals surface area contributed by atoms with Crippen molar-refractivity contribution in [3.8, 4) is 5.75 Å². The molecule has 14 nitrogen and oxygen atoms in total. The van der Waals surface area contributed by atoms with E-state index in [4.69, 9.17) is 10.5 Å². The predicted molar refractivity (Wildman–Crippen MR) is 155 cm³/mol. The van der Waals surface area contributed by atoms with Crippen molar-refractivity contribution >= 4 is 35.2 Å². The molecule has 0 unspecified atom stereocenters. The van der Waals surface area contributed by atoms with Gasteiger partial charge >= 0.3 is 6.18 Å². The minimum atomic E-state index is -4.78. The Labute approximate surface area is 265 Å². The van der Waals surface area contributed by atoms with Crippen molar-refractivity contribution in [2.75, 3.05) is 32.8 Å². The van der Waals surface area contributed by atoms with Crippen molar-refractivity contribution in [3.63, 3.8) is 0 Å². The Balaban J connectivity index is 1.59. The lowest BCUT2D eigenvalue weighted by atomic mass is 10.1. The second-order valence-electron chi connectivity index (χ2n) is 10.6. The van der Waals surface area contributed by atoms with Crippen LogP contribution in [0.2, 0.25) is 0 Å². The molecule has 3 aromatic rings. The van der Waals surface area contributed by atoms with Crippen LogP contribution in [0, 0.1) is 12.7 Å². The second kappa shape index (κ2) is 14.9. The van der Waals surface area contributed by atoms with Crippen LogP contribution in [0.15, 0.2) is 30.3 Å². The number of aromatic nitrogens is 3. The van der Waals surface area contributed by atoms with Crippen molar-refractivity contribution in [1.82, 2.24) is 35.4 Å². The van der Waals surface area contributed by atoms with Gasteiger partial charge in [-0.05, 0) is 44.0 Å². The molecule has 5 amide bonds. The molecule has 0 bridgehead atoms. The standard InChI is InChI=1S/C29H32F4N8O6/c1-16-13-22(29(31,32)33)41-24(37-16)15-20(39-41)28(46)40-10-2-3-25(43)35-9-12-47-21-6-4-17(30)14-18(21)26(44)38-19(5-7-23(34)42)27(45)36-8-11-40/h4,6,13-15,19H,2-3,5,7-12H2,1H3,(H2,34,42)(H,35,43)(H,36,45)(H,38,44)/t19-/m0/s1. The maximum Gasteiger partial charge on any atom is 0.433 e. The SMILES string of the molecule is Cc1cc(C(F)(F)F)n2nc(C(=O)N3CCCC(=O)NCCOc4ccc(F)cc4C(=O)N[C@@H](CCC(N)=O)C(=O)NCC3)cc2n1. The molecule has 1 aliphatic heterocycles. The molecule has 47 heavy (non-hydrogen) atoms. The Kier molecular flexibility index (Phi) is 10.9. The van der Waals surface area contributed by atoms with Gasteiger partial charge in [0.25, 0.3) is 11.8 Å². The molecule has 1 atom stereocenters. The number of nitrogens with zero attached hydrogens (tertiary/aromatic N) is 4. The summed E-state index contributed by atoms with van der Waals surface area (Å²) < 4.78 is 61.1. The van der Waals surface area contributed by atoms with E-state index >= 15 is 0 Å². The summed E-state index contributed by atoms with van der Waals surface area (Å²) in [6.07, 6.45) is -5.17. The molecule has 4 rings (SSSR count). The number of amides is 5. The molecule has 0 saturated heterocycles. The molecular weight excluding hydrogens is 632 g/mol. The highest BCUT2D eigenvalue weighted by molar-refractivity contribution is 6.00. The number of halogens is 4. The van der Waals surface area contributed by atoms with Gasteiger partial charge < -0.3 is 31.3 Å². The second-order valence-corrected chi connectivity index (χ2v) is 10.6. The van der Waals surface area contributed by atoms with Crippen LogP contribution >= 0.6 is 0 Å². The zero-order chi connectivity index (χ0) is 34.3. The normalized spacial score (nSPS) is 17.4. The van der Waals surface area contributed by atoms with E-state index in [9.17, 15) is 41.5 Å². The van der Waals surface area contributed by atoms with E-state index in [-0.39, 0.29) is 86.8 Å². The Bertz CT molecular complexity index is 1680. The number of ether oxygens (including phenoxy) is 1. The summed E-state index contributed by atoms with van der Waals surface area (Å²) in [6, 6.07) is 3.80. The summed E-state index contributed by atoms with van der Waals surface area (Å²) in [7, 11) is 0. The van der Waals surface area contributed by atoms with Crippen molar-refractivity contribution < 1.29 is 46.3 Å². The van der Waals surface area contributed by atoms with Crippen LogP contribution < -0.4 is 26.4 Å². The van der Waals surface area contributed by atoms with Crippen molar-refractivity contribution in [3.05, 3.63) is 58.8 Å². The number of primary amides is 1. The lowest BCUT2D eigenvalue weighted by Gasteiger charge is -2.24. The number of rotatable bonds is 4. The fourth-order valence-electron chi connectivity index (χ4n) is 4.79. The third kappa shape index (κ3) is 9.14. The predicted octanol–water partition coefficient (Wildman–Crippen LogP) is 1.11. The van der Waals surface area contributed by atoms with Gasteiger partial charge in [-0.1, -0.05) is 0 Å². The highest BCUT2D eigenvalue weighted by atomic mass is 19.4. The van der Waals surface area contributed by atoms with Gasteiger partial charge in [-0.2, -0.15) is 18.3 Å². The zero-order valence-electron chi connectivity index (χ0n) is 25.2. The van der Waals surface area contributed by atoms with E-state index < -0.39 is 53.3 Å². The van der Waals surface area contributed by atoms with Crippen LogP contribution in [0.3, 0.4) is 0 Å². The van der Waals surface area contributed by atoms with E-state index in [1.807, 2.05) is 0 Å². The van der Waals surface area contributed by atoms with E-state index in [1.165, 1.54) is 17.9 Å². The minimum Gasteiger partial charge on any atom is -0.491 e. The van der Waals surface area contributed by atoms with E-state index in [0.717, 1.165) is 24.3 Å². The van der Waals surface area contributed by atoms with Crippen LogP contribution in [0.5, 0.6) is 5.75 Å². The Morgan fingerprint density at radius 3 is 2.57 bits per heavy atom. The summed E-state index contributed by atoms with van der Waals surface area (Å²) in [6.45, 7) is 0.873. The van der Waals surface area contributed by atoms with E-state index in [2.05, 4.69) is 26.0 Å². The molecule has 3 heterocycles. The summed E-state index contributed by atoms with van der Waals surface area (Å²) in [5.74, 6) is -4.34. The first kappa shape index (κ1) is 34.6. The number of nitrogens with one attached hydrogen (secondary N) is 3. The monoisotopic (exact) mass is 664 g/mol. The van der Waals surface area contributed by atoms with Crippen LogP contribution in [0.25, 0.3) is 5.65 Å². The molecule has 0 saturated carbocycles. The van der Waals surface area contributed by atoms with Gasteiger partial charge in [-0.25, -0.2) is 13.9 Å². The zero-order valence-corrected chi connectivity index (χ0v) is 25.2. The molecule has 0 fully saturated rings. The quantitative estimate of drug-likeness (QED) is 0.298. The summed E-state index contributed by atoms with van der Waals surface area (Å²) in [5.41, 5.74) is 3.39. The summed E-state index contributed by atoms with van der Waals surface area (Å²) in [4.78, 5) is 68.9. The van der Waals surface area contributed by atoms with E-state index in [0.29, 0.717) is 4.52 Å². The first-order chi connectivity index (χ1) is 22.2. The number of carbonyl (C=O) groups is 5. The van der Waals surface area contributed by atoms with Gasteiger partial charge in [0.1, 0.15) is 29.9 Å². The molecule has 0 aliphatic carbocycles. The Morgan fingerprint density at radius 2 is 1.85 bits per heavy atom. The third-order valence-corrected chi connectivity index (χ3v) is 7.03. The number of alkyl halides is 3. The first-order valence-corrected chi connectivity index (χ1v) is 14.5. The summed E-state index contributed by atoms with van der Waals surface area (Å²) in [5, 5.41) is 11.5. The fraction of sp³-hybridized carbons (Fsp3) is 0.414. The van der Waals surface area contributed by atoms with Gasteiger partial charge in [0.15, 0.2) is 11.3 Å². The van der Waals surface area contributed by atoms with Crippen molar-refractivity contribution in [1.29, 1.82) is 0 Å². The van der Waals surface area contributed by atoms with Gasteiger partial charge in [0, 0.05) is 44.2 Å². The third-order valence-electron chi connectivity index (χ3n) is 7.03. The number of fused-ring (bicyclic) bond motifs is 2. The Hall–Kier alpha value is -5.29. The molecule has 5 N–H and O–H groups in total. The number of benzene rings is 1. The average Bonchev–Trinajstić information content (AvgIpc) is 3.43.